The Morgan fingerprint density at radius 3 is 2.34 bits per heavy atom. The Hall–Kier alpha value is -2.89. The third kappa shape index (κ3) is 4.58. The number of aliphatic imine (C=N–C) groups is 1. The quantitative estimate of drug-likeness (QED) is 0.598. The number of fused-ring (bicyclic) bond motifs is 1. The van der Waals surface area contributed by atoms with Crippen LogP contribution in [0.4, 0.5) is 0 Å². The minimum absolute atomic E-state index is 0.296. The third-order valence-electron chi connectivity index (χ3n) is 5.47. The lowest BCUT2D eigenvalue weighted by Crippen LogP contribution is -2.45. The number of guanidine groups is 1. The first-order chi connectivity index (χ1) is 14.1. The van der Waals surface area contributed by atoms with Crippen molar-refractivity contribution in [3.05, 3.63) is 53.1 Å². The number of nitrogens with zero attached hydrogens (tertiary/aromatic N) is 2. The molecular formula is C23H31N3O3. The van der Waals surface area contributed by atoms with E-state index >= 15 is 0 Å². The Bertz CT molecular complexity index is 866. The maximum atomic E-state index is 5.51. The van der Waals surface area contributed by atoms with Crippen molar-refractivity contribution in [3.8, 4) is 17.2 Å². The summed E-state index contributed by atoms with van der Waals surface area (Å²) in [7, 11) is 6.89. The molecule has 1 aliphatic rings. The van der Waals surface area contributed by atoms with E-state index < -0.39 is 0 Å². The largest absolute Gasteiger partial charge is 0.496 e. The van der Waals surface area contributed by atoms with Crippen LogP contribution in [0.2, 0.25) is 0 Å². The van der Waals surface area contributed by atoms with Gasteiger partial charge in [0.2, 0.25) is 0 Å². The molecule has 1 aliphatic heterocycles. The number of ether oxygens (including phenoxy) is 3. The van der Waals surface area contributed by atoms with Gasteiger partial charge in [-0.3, -0.25) is 4.99 Å². The highest BCUT2D eigenvalue weighted by atomic mass is 16.5. The standard InChI is InChI=1S/C23H31N3O3/c1-16(19-8-6-7-9-20(19)27-3)14-25-23(24-2)26-11-10-17-12-21(28-4)22(29-5)13-18(17)15-26/h6-9,12-13,16H,10-11,14-15H2,1-5H3,(H,24,25). The van der Waals surface area contributed by atoms with Gasteiger partial charge in [-0.25, -0.2) is 0 Å². The van der Waals surface area contributed by atoms with Gasteiger partial charge in [0.15, 0.2) is 17.5 Å². The van der Waals surface area contributed by atoms with Crippen molar-refractivity contribution in [1.29, 1.82) is 0 Å². The second-order valence-electron chi connectivity index (χ2n) is 7.22. The van der Waals surface area contributed by atoms with Gasteiger partial charge in [0.05, 0.1) is 21.3 Å². The number of para-hydroxylation sites is 1. The summed E-state index contributed by atoms with van der Waals surface area (Å²) in [6.07, 6.45) is 0.943. The summed E-state index contributed by atoms with van der Waals surface area (Å²) in [6, 6.07) is 12.3. The van der Waals surface area contributed by atoms with Crippen molar-refractivity contribution in [1.82, 2.24) is 10.2 Å². The zero-order valence-electron chi connectivity index (χ0n) is 18.0. The van der Waals surface area contributed by atoms with Crippen LogP contribution in [-0.2, 0) is 13.0 Å². The molecule has 2 aromatic carbocycles. The molecule has 29 heavy (non-hydrogen) atoms. The maximum Gasteiger partial charge on any atom is 0.193 e. The lowest BCUT2D eigenvalue weighted by atomic mass is 9.98. The van der Waals surface area contributed by atoms with Crippen molar-refractivity contribution in [3.63, 3.8) is 0 Å². The van der Waals surface area contributed by atoms with Crippen LogP contribution in [0, 0.1) is 0 Å². The molecule has 6 nitrogen and oxygen atoms in total. The number of hydrogen-bond acceptors (Lipinski definition) is 4. The lowest BCUT2D eigenvalue weighted by molar-refractivity contribution is 0.345. The first-order valence-corrected chi connectivity index (χ1v) is 9.93. The Kier molecular flexibility index (Phi) is 6.86. The van der Waals surface area contributed by atoms with E-state index in [-0.39, 0.29) is 0 Å². The van der Waals surface area contributed by atoms with Crippen molar-refractivity contribution in [2.45, 2.75) is 25.8 Å². The zero-order chi connectivity index (χ0) is 20.8. The van der Waals surface area contributed by atoms with E-state index in [9.17, 15) is 0 Å². The van der Waals surface area contributed by atoms with Crippen LogP contribution in [0.1, 0.15) is 29.5 Å². The molecule has 3 rings (SSSR count). The van der Waals surface area contributed by atoms with Crippen LogP contribution in [0.5, 0.6) is 17.2 Å². The van der Waals surface area contributed by atoms with Crippen LogP contribution < -0.4 is 19.5 Å². The summed E-state index contributed by atoms with van der Waals surface area (Å²) >= 11 is 0. The smallest absolute Gasteiger partial charge is 0.193 e. The Balaban J connectivity index is 1.69. The van der Waals surface area contributed by atoms with Gasteiger partial charge < -0.3 is 24.4 Å². The number of hydrogen-bond donors (Lipinski definition) is 1. The summed E-state index contributed by atoms with van der Waals surface area (Å²) in [5, 5.41) is 3.54. The summed E-state index contributed by atoms with van der Waals surface area (Å²) < 4.78 is 16.4. The zero-order valence-corrected chi connectivity index (χ0v) is 18.0. The first-order valence-electron chi connectivity index (χ1n) is 9.93. The maximum absolute atomic E-state index is 5.51. The Labute approximate surface area is 173 Å². The number of nitrogens with one attached hydrogen (secondary N) is 1. The molecule has 156 valence electrons. The second-order valence-corrected chi connectivity index (χ2v) is 7.22. The highest BCUT2D eigenvalue weighted by Crippen LogP contribution is 2.33. The van der Waals surface area contributed by atoms with Crippen LogP contribution in [0.3, 0.4) is 0 Å². The number of rotatable bonds is 6. The van der Waals surface area contributed by atoms with Crippen LogP contribution in [0.15, 0.2) is 41.4 Å². The monoisotopic (exact) mass is 397 g/mol. The second kappa shape index (κ2) is 9.54. The average Bonchev–Trinajstić information content (AvgIpc) is 2.78. The molecule has 0 fully saturated rings. The molecule has 1 heterocycles. The van der Waals surface area contributed by atoms with E-state index in [4.69, 9.17) is 14.2 Å². The van der Waals surface area contributed by atoms with Gasteiger partial charge in [-0.15, -0.1) is 0 Å². The predicted octanol–water partition coefficient (Wildman–Crippen LogP) is 3.45. The van der Waals surface area contributed by atoms with Gasteiger partial charge in [-0.2, -0.15) is 0 Å². The van der Waals surface area contributed by atoms with Crippen LogP contribution in [0.25, 0.3) is 0 Å². The molecule has 0 saturated carbocycles. The average molecular weight is 398 g/mol. The van der Waals surface area contributed by atoms with Gasteiger partial charge in [-0.05, 0) is 41.3 Å². The van der Waals surface area contributed by atoms with E-state index in [1.807, 2.05) is 25.2 Å². The Morgan fingerprint density at radius 2 is 1.69 bits per heavy atom. The molecule has 0 aromatic heterocycles. The van der Waals surface area contributed by atoms with E-state index in [0.29, 0.717) is 5.92 Å². The summed E-state index contributed by atoms with van der Waals surface area (Å²) in [6.45, 7) is 4.67. The van der Waals surface area contributed by atoms with E-state index in [1.165, 1.54) is 16.7 Å². The fraction of sp³-hybridized carbons (Fsp3) is 0.435. The summed E-state index contributed by atoms with van der Waals surface area (Å²) in [5.41, 5.74) is 3.74. The van der Waals surface area contributed by atoms with E-state index in [0.717, 1.165) is 49.3 Å². The van der Waals surface area contributed by atoms with Gasteiger partial charge in [0.25, 0.3) is 0 Å². The highest BCUT2D eigenvalue weighted by molar-refractivity contribution is 5.80. The van der Waals surface area contributed by atoms with Crippen LogP contribution in [-0.4, -0.2) is 52.3 Å². The molecule has 2 aromatic rings. The van der Waals surface area contributed by atoms with Crippen molar-refractivity contribution in [2.75, 3.05) is 41.5 Å². The minimum atomic E-state index is 0.296. The van der Waals surface area contributed by atoms with Crippen molar-refractivity contribution < 1.29 is 14.2 Å². The normalized spacial score (nSPS) is 14.8. The predicted molar refractivity (Wildman–Crippen MR) is 116 cm³/mol. The van der Waals surface area contributed by atoms with Crippen molar-refractivity contribution >= 4 is 5.96 Å². The van der Waals surface area contributed by atoms with Crippen LogP contribution >= 0.6 is 0 Å². The first kappa shape index (κ1) is 20.8. The molecule has 0 amide bonds. The molecule has 0 saturated heterocycles. The summed E-state index contributed by atoms with van der Waals surface area (Å²) in [4.78, 5) is 6.79. The van der Waals surface area contributed by atoms with Crippen molar-refractivity contribution in [2.24, 2.45) is 4.99 Å². The fourth-order valence-corrected chi connectivity index (χ4v) is 3.82. The van der Waals surface area contributed by atoms with Gasteiger partial charge >= 0.3 is 0 Å². The number of benzene rings is 2. The molecule has 6 heteroatoms. The highest BCUT2D eigenvalue weighted by Gasteiger charge is 2.22. The summed E-state index contributed by atoms with van der Waals surface area (Å²) in [5.74, 6) is 3.68. The molecule has 0 spiro atoms. The molecule has 1 atom stereocenters. The lowest BCUT2D eigenvalue weighted by Gasteiger charge is -2.32. The molecule has 0 bridgehead atoms. The van der Waals surface area contributed by atoms with E-state index in [1.54, 1.807) is 21.3 Å². The molecule has 0 radical (unpaired) electrons. The SMILES string of the molecule is CN=C(NCC(C)c1ccccc1OC)N1CCc2cc(OC)c(OC)cc2C1. The van der Waals surface area contributed by atoms with Gasteiger partial charge in [-0.1, -0.05) is 25.1 Å². The van der Waals surface area contributed by atoms with Gasteiger partial charge in [0.1, 0.15) is 5.75 Å². The van der Waals surface area contributed by atoms with Gasteiger partial charge in [0, 0.05) is 32.6 Å². The topological polar surface area (TPSA) is 55.3 Å². The Morgan fingerprint density at radius 1 is 1.03 bits per heavy atom. The third-order valence-corrected chi connectivity index (χ3v) is 5.47. The van der Waals surface area contributed by atoms with E-state index in [2.05, 4.69) is 40.3 Å². The molecule has 0 aliphatic carbocycles. The molecular weight excluding hydrogens is 366 g/mol. The number of methoxy groups -OCH3 is 3. The molecule has 1 unspecified atom stereocenters. The fourth-order valence-electron chi connectivity index (χ4n) is 3.82. The minimum Gasteiger partial charge on any atom is -0.496 e. The molecule has 1 N–H and O–H groups in total.